The number of nitrogens with one attached hydrogen (secondary N) is 2. The van der Waals surface area contributed by atoms with E-state index in [9.17, 15) is 8.78 Å². The Morgan fingerprint density at radius 1 is 0.917 bits per heavy atom. The first-order chi connectivity index (χ1) is 11.6. The normalized spacial score (nSPS) is 10.3. The first kappa shape index (κ1) is 15.6. The third-order valence-electron chi connectivity index (χ3n) is 3.10. The number of hydrogen-bond donors (Lipinski definition) is 2. The quantitative estimate of drug-likeness (QED) is 0.744. The average molecular weight is 329 g/mol. The highest BCUT2D eigenvalue weighted by atomic mass is 19.2. The Morgan fingerprint density at radius 3 is 2.38 bits per heavy atom. The van der Waals surface area contributed by atoms with E-state index in [1.54, 1.807) is 19.2 Å². The summed E-state index contributed by atoms with van der Waals surface area (Å²) in [5, 5.41) is 13.5. The lowest BCUT2D eigenvalue weighted by Gasteiger charge is -2.08. The molecule has 0 saturated carbocycles. The minimum atomic E-state index is -0.958. The number of hydrogen-bond acceptors (Lipinski definition) is 6. The van der Waals surface area contributed by atoms with Crippen molar-refractivity contribution in [1.82, 2.24) is 15.2 Å². The van der Waals surface area contributed by atoms with Crippen LogP contribution < -0.4 is 15.4 Å². The van der Waals surface area contributed by atoms with E-state index in [0.717, 1.165) is 23.6 Å². The maximum absolute atomic E-state index is 13.2. The van der Waals surface area contributed by atoms with Crippen molar-refractivity contribution in [3.05, 3.63) is 60.3 Å². The lowest BCUT2D eigenvalue weighted by molar-refractivity contribution is 0.415. The predicted octanol–water partition coefficient (Wildman–Crippen LogP) is 3.65. The zero-order valence-corrected chi connectivity index (χ0v) is 12.6. The molecular formula is C16H13F2N5O. The molecule has 3 aromatic rings. The van der Waals surface area contributed by atoms with Crippen LogP contribution in [0.15, 0.2) is 48.7 Å². The molecule has 0 unspecified atom stereocenters. The molecule has 122 valence electrons. The second-order valence-electron chi connectivity index (χ2n) is 4.77. The lowest BCUT2D eigenvalue weighted by atomic mass is 10.3. The minimum absolute atomic E-state index is 0.152. The highest BCUT2D eigenvalue weighted by Crippen LogP contribution is 2.20. The van der Waals surface area contributed by atoms with E-state index < -0.39 is 11.6 Å². The fourth-order valence-electron chi connectivity index (χ4n) is 1.94. The molecule has 0 bridgehead atoms. The molecule has 0 aliphatic rings. The topological polar surface area (TPSA) is 72.0 Å². The van der Waals surface area contributed by atoms with E-state index >= 15 is 0 Å². The number of aromatic nitrogens is 3. The van der Waals surface area contributed by atoms with Crippen LogP contribution in [0.25, 0.3) is 0 Å². The highest BCUT2D eigenvalue weighted by molar-refractivity contribution is 5.59. The van der Waals surface area contributed by atoms with Crippen molar-refractivity contribution in [3.8, 4) is 5.75 Å². The van der Waals surface area contributed by atoms with Crippen LogP contribution in [0.2, 0.25) is 0 Å². The number of rotatable bonds is 5. The van der Waals surface area contributed by atoms with Crippen molar-refractivity contribution in [2.75, 3.05) is 17.7 Å². The van der Waals surface area contributed by atoms with Gasteiger partial charge in [-0.2, -0.15) is 10.1 Å². The summed E-state index contributed by atoms with van der Waals surface area (Å²) in [7, 11) is 1.59. The van der Waals surface area contributed by atoms with E-state index in [-0.39, 0.29) is 5.95 Å². The molecule has 8 heteroatoms. The molecular weight excluding hydrogens is 316 g/mol. The molecule has 0 amide bonds. The van der Waals surface area contributed by atoms with Crippen molar-refractivity contribution < 1.29 is 13.5 Å². The van der Waals surface area contributed by atoms with E-state index in [4.69, 9.17) is 4.74 Å². The lowest BCUT2D eigenvalue weighted by Crippen LogP contribution is -2.02. The zero-order chi connectivity index (χ0) is 16.9. The van der Waals surface area contributed by atoms with Gasteiger partial charge in [-0.1, -0.05) is 0 Å². The number of halogens is 2. The van der Waals surface area contributed by atoms with Crippen LogP contribution in [0.4, 0.5) is 31.9 Å². The van der Waals surface area contributed by atoms with Crippen LogP contribution in [0.3, 0.4) is 0 Å². The maximum atomic E-state index is 13.2. The maximum Gasteiger partial charge on any atom is 0.249 e. The third-order valence-corrected chi connectivity index (χ3v) is 3.10. The number of methoxy groups -OCH3 is 1. The zero-order valence-electron chi connectivity index (χ0n) is 12.6. The summed E-state index contributed by atoms with van der Waals surface area (Å²) in [6.45, 7) is 0. The standard InChI is InChI=1S/C16H13F2N5O/c1-24-12-5-2-10(3-6-12)20-15-9-19-23-16(22-15)21-11-4-7-13(17)14(18)8-11/h2-9H,1H3,(H2,20,21,22,23). The van der Waals surface area contributed by atoms with Crippen molar-refractivity contribution >= 4 is 23.1 Å². The van der Waals surface area contributed by atoms with E-state index in [1.807, 2.05) is 12.1 Å². The molecule has 0 radical (unpaired) electrons. The molecule has 24 heavy (non-hydrogen) atoms. The van der Waals surface area contributed by atoms with Gasteiger partial charge in [0.25, 0.3) is 0 Å². The first-order valence-electron chi connectivity index (χ1n) is 6.97. The second-order valence-corrected chi connectivity index (χ2v) is 4.77. The van der Waals surface area contributed by atoms with Crippen LogP contribution >= 0.6 is 0 Å². The molecule has 0 saturated heterocycles. The Bertz CT molecular complexity index is 842. The number of benzene rings is 2. The smallest absolute Gasteiger partial charge is 0.249 e. The Kier molecular flexibility index (Phi) is 4.46. The van der Waals surface area contributed by atoms with Gasteiger partial charge in [0.2, 0.25) is 5.95 Å². The van der Waals surface area contributed by atoms with Crippen LogP contribution in [-0.2, 0) is 0 Å². The van der Waals surface area contributed by atoms with Gasteiger partial charge in [-0.05, 0) is 36.4 Å². The molecule has 0 spiro atoms. The Hall–Kier alpha value is -3.29. The second kappa shape index (κ2) is 6.86. The SMILES string of the molecule is COc1ccc(Nc2cnnc(Nc3ccc(F)c(F)c3)n2)cc1. The molecule has 3 rings (SSSR count). The van der Waals surface area contributed by atoms with Crippen LogP contribution in [0.5, 0.6) is 5.75 Å². The fraction of sp³-hybridized carbons (Fsp3) is 0.0625. The van der Waals surface area contributed by atoms with Gasteiger partial charge in [0.1, 0.15) is 5.75 Å². The van der Waals surface area contributed by atoms with E-state index in [2.05, 4.69) is 25.8 Å². The summed E-state index contributed by atoms with van der Waals surface area (Å²) >= 11 is 0. The van der Waals surface area contributed by atoms with E-state index in [0.29, 0.717) is 11.5 Å². The molecule has 2 N–H and O–H groups in total. The molecule has 6 nitrogen and oxygen atoms in total. The summed E-state index contributed by atoms with van der Waals surface area (Å²) in [4.78, 5) is 4.21. The Morgan fingerprint density at radius 2 is 1.67 bits per heavy atom. The molecule has 2 aromatic carbocycles. The monoisotopic (exact) mass is 329 g/mol. The molecule has 1 heterocycles. The van der Waals surface area contributed by atoms with Gasteiger partial charge in [-0.3, -0.25) is 0 Å². The minimum Gasteiger partial charge on any atom is -0.497 e. The molecule has 1 aromatic heterocycles. The van der Waals surface area contributed by atoms with Gasteiger partial charge in [0, 0.05) is 17.4 Å². The average Bonchev–Trinajstić information content (AvgIpc) is 2.59. The van der Waals surface area contributed by atoms with Crippen molar-refractivity contribution in [2.45, 2.75) is 0 Å². The van der Waals surface area contributed by atoms with E-state index in [1.165, 1.54) is 12.3 Å². The van der Waals surface area contributed by atoms with Gasteiger partial charge in [0.15, 0.2) is 17.5 Å². The third kappa shape index (κ3) is 3.72. The number of ether oxygens (including phenoxy) is 1. The van der Waals surface area contributed by atoms with Crippen LogP contribution in [-0.4, -0.2) is 22.3 Å². The largest absolute Gasteiger partial charge is 0.497 e. The van der Waals surface area contributed by atoms with Gasteiger partial charge in [-0.15, -0.1) is 5.10 Å². The number of nitrogens with zero attached hydrogens (tertiary/aromatic N) is 3. The summed E-state index contributed by atoms with van der Waals surface area (Å²) in [6, 6.07) is 10.7. The Balaban J connectivity index is 1.74. The summed E-state index contributed by atoms with van der Waals surface area (Å²) in [6.07, 6.45) is 1.45. The van der Waals surface area contributed by atoms with Gasteiger partial charge >= 0.3 is 0 Å². The Labute approximate surface area is 136 Å². The summed E-state index contributed by atoms with van der Waals surface area (Å²) in [5.74, 6) is -0.545. The van der Waals surface area contributed by atoms with Crippen molar-refractivity contribution in [1.29, 1.82) is 0 Å². The molecule has 0 fully saturated rings. The highest BCUT2D eigenvalue weighted by Gasteiger charge is 2.06. The molecule has 0 atom stereocenters. The molecule has 0 aliphatic heterocycles. The van der Waals surface area contributed by atoms with Gasteiger partial charge in [-0.25, -0.2) is 8.78 Å². The first-order valence-corrected chi connectivity index (χ1v) is 6.97. The summed E-state index contributed by atoms with van der Waals surface area (Å²) in [5.41, 5.74) is 1.10. The van der Waals surface area contributed by atoms with Gasteiger partial charge < -0.3 is 15.4 Å². The van der Waals surface area contributed by atoms with Crippen LogP contribution in [0.1, 0.15) is 0 Å². The van der Waals surface area contributed by atoms with Gasteiger partial charge in [0.05, 0.1) is 13.3 Å². The molecule has 0 aliphatic carbocycles. The predicted molar refractivity (Wildman–Crippen MR) is 85.7 cm³/mol. The van der Waals surface area contributed by atoms with Crippen molar-refractivity contribution in [2.24, 2.45) is 0 Å². The number of anilines is 4. The fourth-order valence-corrected chi connectivity index (χ4v) is 1.94. The summed E-state index contributed by atoms with van der Waals surface area (Å²) < 4.78 is 31.2. The van der Waals surface area contributed by atoms with Crippen LogP contribution in [0, 0.1) is 11.6 Å². The van der Waals surface area contributed by atoms with Crippen molar-refractivity contribution in [3.63, 3.8) is 0 Å².